The van der Waals surface area contributed by atoms with E-state index in [1.54, 1.807) is 0 Å². The number of rotatable bonds is 4. The van der Waals surface area contributed by atoms with Crippen LogP contribution in [0, 0.1) is 20.4 Å². The molecule has 24 heavy (non-hydrogen) atoms. The van der Waals surface area contributed by atoms with Crippen molar-refractivity contribution in [3.05, 3.63) is 70.2 Å². The lowest BCUT2D eigenvalue weighted by atomic mass is 10.1. The SMILES string of the molecule is [C-]#[N+]c1cccc(C)c1Cn1nc(C)c2ccc(CC(=O)O)cc21. The Morgan fingerprint density at radius 3 is 2.79 bits per heavy atom. The van der Waals surface area contributed by atoms with Gasteiger partial charge in [-0.15, -0.1) is 0 Å². The van der Waals surface area contributed by atoms with Gasteiger partial charge in [0.1, 0.15) is 0 Å². The van der Waals surface area contributed by atoms with E-state index in [0.717, 1.165) is 33.3 Å². The number of carboxylic acid groups (broad SMARTS) is 1. The topological polar surface area (TPSA) is 59.5 Å². The average Bonchev–Trinajstić information content (AvgIpc) is 2.84. The van der Waals surface area contributed by atoms with Gasteiger partial charge in [-0.05, 0) is 31.0 Å². The smallest absolute Gasteiger partial charge is 0.307 e. The second kappa shape index (κ2) is 6.17. The van der Waals surface area contributed by atoms with Crippen molar-refractivity contribution >= 4 is 22.6 Å². The standard InChI is InChI=1S/C19H17N3O2/c1-12-5-4-6-17(20-3)16(12)11-22-18-9-14(10-19(23)24)7-8-15(18)13(2)21-22/h4-9H,10-11H2,1-2H3,(H,23,24). The fourth-order valence-corrected chi connectivity index (χ4v) is 2.94. The summed E-state index contributed by atoms with van der Waals surface area (Å²) in [6.07, 6.45) is -0.0160. The van der Waals surface area contributed by atoms with E-state index in [0.29, 0.717) is 12.2 Å². The van der Waals surface area contributed by atoms with Crippen molar-refractivity contribution in [2.45, 2.75) is 26.8 Å². The predicted octanol–water partition coefficient (Wildman–Crippen LogP) is 3.88. The first-order valence-electron chi connectivity index (χ1n) is 7.63. The first kappa shape index (κ1) is 15.8. The summed E-state index contributed by atoms with van der Waals surface area (Å²) >= 11 is 0. The number of nitrogens with zero attached hydrogens (tertiary/aromatic N) is 3. The van der Waals surface area contributed by atoms with E-state index in [-0.39, 0.29) is 6.42 Å². The van der Waals surface area contributed by atoms with Gasteiger partial charge >= 0.3 is 5.97 Å². The molecule has 1 N–H and O–H groups in total. The van der Waals surface area contributed by atoms with Crippen LogP contribution in [0.1, 0.15) is 22.4 Å². The number of aryl methyl sites for hydroxylation is 2. The van der Waals surface area contributed by atoms with Gasteiger partial charge in [0, 0.05) is 5.39 Å². The molecule has 0 aliphatic carbocycles. The number of carboxylic acids is 1. The predicted molar refractivity (Wildman–Crippen MR) is 92.4 cm³/mol. The molecule has 0 aliphatic heterocycles. The number of fused-ring (bicyclic) bond motifs is 1. The molecule has 5 heteroatoms. The van der Waals surface area contributed by atoms with Crippen molar-refractivity contribution in [1.29, 1.82) is 0 Å². The monoisotopic (exact) mass is 319 g/mol. The van der Waals surface area contributed by atoms with Crippen molar-refractivity contribution in [2.75, 3.05) is 0 Å². The highest BCUT2D eigenvalue weighted by Crippen LogP contribution is 2.26. The van der Waals surface area contributed by atoms with Crippen LogP contribution in [0.15, 0.2) is 36.4 Å². The number of carbonyl (C=O) groups is 1. The number of aromatic nitrogens is 2. The van der Waals surface area contributed by atoms with E-state index in [1.807, 2.05) is 54.9 Å². The van der Waals surface area contributed by atoms with Gasteiger partial charge in [0.15, 0.2) is 5.69 Å². The van der Waals surface area contributed by atoms with Crippen molar-refractivity contribution in [1.82, 2.24) is 9.78 Å². The number of benzene rings is 2. The van der Waals surface area contributed by atoms with Crippen LogP contribution < -0.4 is 0 Å². The summed E-state index contributed by atoms with van der Waals surface area (Å²) < 4.78 is 1.85. The highest BCUT2D eigenvalue weighted by Gasteiger charge is 2.13. The second-order valence-corrected chi connectivity index (χ2v) is 5.85. The third-order valence-corrected chi connectivity index (χ3v) is 4.17. The van der Waals surface area contributed by atoms with Crippen LogP contribution >= 0.6 is 0 Å². The molecule has 1 aromatic heterocycles. The summed E-state index contributed by atoms with van der Waals surface area (Å²) in [6.45, 7) is 11.8. The molecule has 1 heterocycles. The molecule has 3 rings (SSSR count). The highest BCUT2D eigenvalue weighted by molar-refractivity contribution is 5.84. The fourth-order valence-electron chi connectivity index (χ4n) is 2.94. The zero-order valence-electron chi connectivity index (χ0n) is 13.6. The largest absolute Gasteiger partial charge is 0.481 e. The molecule has 0 bridgehead atoms. The molecule has 0 saturated heterocycles. The number of hydrogen-bond donors (Lipinski definition) is 1. The van der Waals surface area contributed by atoms with Gasteiger partial charge in [0.25, 0.3) is 0 Å². The molecule has 0 fully saturated rings. The van der Waals surface area contributed by atoms with Crippen LogP contribution in [0.5, 0.6) is 0 Å². The summed E-state index contributed by atoms with van der Waals surface area (Å²) in [5.41, 5.74) is 5.15. The van der Waals surface area contributed by atoms with Gasteiger partial charge in [-0.3, -0.25) is 9.48 Å². The van der Waals surface area contributed by atoms with Gasteiger partial charge in [0.2, 0.25) is 0 Å². The Bertz CT molecular complexity index is 980. The molecule has 0 amide bonds. The van der Waals surface area contributed by atoms with Crippen LogP contribution in [0.25, 0.3) is 15.7 Å². The van der Waals surface area contributed by atoms with Crippen LogP contribution in [0.2, 0.25) is 0 Å². The molecule has 0 aliphatic rings. The quantitative estimate of drug-likeness (QED) is 0.742. The van der Waals surface area contributed by atoms with Crippen molar-refractivity contribution in [2.24, 2.45) is 0 Å². The third-order valence-electron chi connectivity index (χ3n) is 4.17. The maximum atomic E-state index is 11.0. The van der Waals surface area contributed by atoms with E-state index < -0.39 is 5.97 Å². The Morgan fingerprint density at radius 1 is 1.29 bits per heavy atom. The van der Waals surface area contributed by atoms with E-state index >= 15 is 0 Å². The Hall–Kier alpha value is -3.13. The van der Waals surface area contributed by atoms with E-state index in [2.05, 4.69) is 9.94 Å². The van der Waals surface area contributed by atoms with Gasteiger partial charge in [-0.25, -0.2) is 4.85 Å². The van der Waals surface area contributed by atoms with E-state index in [9.17, 15) is 4.79 Å². The van der Waals surface area contributed by atoms with Crippen molar-refractivity contribution in [3.8, 4) is 0 Å². The van der Waals surface area contributed by atoms with E-state index in [4.69, 9.17) is 11.7 Å². The Morgan fingerprint density at radius 2 is 2.08 bits per heavy atom. The lowest BCUT2D eigenvalue weighted by molar-refractivity contribution is -0.136. The van der Waals surface area contributed by atoms with Gasteiger partial charge in [-0.1, -0.05) is 35.9 Å². The van der Waals surface area contributed by atoms with Gasteiger partial charge < -0.3 is 5.11 Å². The van der Waals surface area contributed by atoms with E-state index in [1.165, 1.54) is 0 Å². The molecular formula is C19H17N3O2. The summed E-state index contributed by atoms with van der Waals surface area (Å²) in [4.78, 5) is 14.6. The first-order chi connectivity index (χ1) is 11.5. The molecule has 0 spiro atoms. The lowest BCUT2D eigenvalue weighted by Crippen LogP contribution is -2.05. The Kier molecular flexibility index (Phi) is 4.05. The Balaban J connectivity index is 2.10. The zero-order valence-corrected chi connectivity index (χ0v) is 13.6. The molecule has 0 saturated carbocycles. The van der Waals surface area contributed by atoms with Gasteiger partial charge in [0.05, 0.1) is 30.7 Å². The fraction of sp³-hybridized carbons (Fsp3) is 0.211. The molecule has 3 aromatic rings. The average molecular weight is 319 g/mol. The zero-order chi connectivity index (χ0) is 17.3. The van der Waals surface area contributed by atoms with Crippen molar-refractivity contribution in [3.63, 3.8) is 0 Å². The maximum absolute atomic E-state index is 11.0. The normalized spacial score (nSPS) is 10.7. The Labute approximate surface area is 140 Å². The molecular weight excluding hydrogens is 302 g/mol. The molecule has 0 radical (unpaired) electrons. The maximum Gasteiger partial charge on any atom is 0.307 e. The lowest BCUT2D eigenvalue weighted by Gasteiger charge is -2.10. The van der Waals surface area contributed by atoms with Crippen LogP contribution in [0.3, 0.4) is 0 Å². The van der Waals surface area contributed by atoms with Crippen molar-refractivity contribution < 1.29 is 9.90 Å². The minimum Gasteiger partial charge on any atom is -0.481 e. The third kappa shape index (κ3) is 2.86. The molecule has 120 valence electrons. The second-order valence-electron chi connectivity index (χ2n) is 5.85. The molecule has 5 nitrogen and oxygen atoms in total. The minimum atomic E-state index is -0.855. The van der Waals surface area contributed by atoms with Crippen LogP contribution in [0.4, 0.5) is 5.69 Å². The van der Waals surface area contributed by atoms with Crippen LogP contribution in [-0.2, 0) is 17.8 Å². The number of aliphatic carboxylic acids is 1. The molecule has 2 aromatic carbocycles. The summed E-state index contributed by atoms with van der Waals surface area (Å²) in [5, 5.41) is 14.6. The molecule has 0 atom stereocenters. The minimum absolute atomic E-state index is 0.0160. The van der Waals surface area contributed by atoms with Gasteiger partial charge in [-0.2, -0.15) is 5.10 Å². The highest BCUT2D eigenvalue weighted by atomic mass is 16.4. The van der Waals surface area contributed by atoms with Crippen LogP contribution in [-0.4, -0.2) is 20.9 Å². The first-order valence-corrected chi connectivity index (χ1v) is 7.63. The number of hydrogen-bond acceptors (Lipinski definition) is 2. The summed E-state index contributed by atoms with van der Waals surface area (Å²) in [5.74, 6) is -0.855. The molecule has 0 unspecified atom stereocenters. The summed E-state index contributed by atoms with van der Waals surface area (Å²) in [6, 6.07) is 11.3. The summed E-state index contributed by atoms with van der Waals surface area (Å²) in [7, 11) is 0.